The van der Waals surface area contributed by atoms with Crippen molar-refractivity contribution in [3.63, 3.8) is 0 Å². The Hall–Kier alpha value is -2.49. The molecule has 3 fully saturated rings. The van der Waals surface area contributed by atoms with Gasteiger partial charge in [0.15, 0.2) is 14.5 Å². The first-order valence-electron chi connectivity index (χ1n) is 19.7. The van der Waals surface area contributed by atoms with Crippen molar-refractivity contribution in [1.82, 2.24) is 24.9 Å². The Morgan fingerprint density at radius 2 is 1.74 bits per heavy atom. The zero-order valence-corrected chi connectivity index (χ0v) is 36.3. The van der Waals surface area contributed by atoms with Gasteiger partial charge in [-0.2, -0.15) is 5.10 Å². The average molecular weight is 786 g/mol. The second kappa shape index (κ2) is 15.1. The topological polar surface area (TPSA) is 123 Å². The number of rotatable bonds is 9. The molecule has 0 saturated carbocycles. The van der Waals surface area contributed by atoms with Gasteiger partial charge in [-0.3, -0.25) is 0 Å². The lowest BCUT2D eigenvalue weighted by Crippen LogP contribution is -2.47. The summed E-state index contributed by atoms with van der Waals surface area (Å²) in [7, 11) is -2.96. The van der Waals surface area contributed by atoms with E-state index in [9.17, 15) is 4.79 Å². The molecule has 1 amide bonds. The van der Waals surface area contributed by atoms with Crippen molar-refractivity contribution >= 4 is 49.5 Å². The molecule has 0 N–H and O–H groups in total. The maximum atomic E-state index is 13.2. The van der Waals surface area contributed by atoms with Crippen molar-refractivity contribution < 1.29 is 32.4 Å². The minimum absolute atomic E-state index is 0.0369. The van der Waals surface area contributed by atoms with E-state index in [1.165, 1.54) is 0 Å². The number of ether oxygens (including phenoxy) is 2. The minimum atomic E-state index is -2.30. The summed E-state index contributed by atoms with van der Waals surface area (Å²) >= 11 is 7.20. The van der Waals surface area contributed by atoms with Crippen LogP contribution in [-0.2, 0) is 36.1 Å². The van der Waals surface area contributed by atoms with E-state index < -0.39 is 38.3 Å². The third kappa shape index (κ3) is 8.58. The third-order valence-corrected chi connectivity index (χ3v) is 16.8. The summed E-state index contributed by atoms with van der Waals surface area (Å²) in [5, 5.41) is 15.4. The molecule has 0 bridgehead atoms. The molecule has 0 spiro atoms. The first kappa shape index (κ1) is 41.2. The Kier molecular flexibility index (Phi) is 11.5. The minimum Gasteiger partial charge on any atom is -0.444 e. The summed E-state index contributed by atoms with van der Waals surface area (Å²) in [6, 6.07) is 1.98. The SMILES string of the molecule is CC(C)(C)OC(=O)N1CCC[C@@H](C(O[Si](C)(C)C(C)(C)C)c2nnc(CCc3c(Cl)cc4c(cnn4C4CCCCO4)c3B3OC(C)(C)C(C)(C)O3)o2)C1. The highest BCUT2D eigenvalue weighted by atomic mass is 35.5. The van der Waals surface area contributed by atoms with Gasteiger partial charge in [-0.1, -0.05) is 32.4 Å². The zero-order chi connectivity index (χ0) is 39.4. The van der Waals surface area contributed by atoms with E-state index in [0.29, 0.717) is 49.3 Å². The van der Waals surface area contributed by atoms with Crippen molar-refractivity contribution in [2.45, 2.75) is 161 Å². The summed E-state index contributed by atoms with van der Waals surface area (Å²) in [6.07, 6.45) is 6.60. The molecule has 298 valence electrons. The van der Waals surface area contributed by atoms with Gasteiger partial charge in [0.1, 0.15) is 11.7 Å². The molecule has 54 heavy (non-hydrogen) atoms. The smallest absolute Gasteiger partial charge is 0.444 e. The van der Waals surface area contributed by atoms with Crippen LogP contribution in [0, 0.1) is 5.92 Å². The molecular formula is C39H61BClN5O7Si. The van der Waals surface area contributed by atoms with Crippen LogP contribution < -0.4 is 5.46 Å². The molecule has 3 aromatic rings. The van der Waals surface area contributed by atoms with E-state index in [1.54, 1.807) is 4.90 Å². The first-order valence-corrected chi connectivity index (χ1v) is 23.0. The van der Waals surface area contributed by atoms with E-state index in [-0.39, 0.29) is 23.3 Å². The van der Waals surface area contributed by atoms with Crippen molar-refractivity contribution in [3.8, 4) is 0 Å². The lowest BCUT2D eigenvalue weighted by atomic mass is 9.73. The van der Waals surface area contributed by atoms with Gasteiger partial charge in [0, 0.05) is 42.4 Å². The molecule has 2 aromatic heterocycles. The van der Waals surface area contributed by atoms with Gasteiger partial charge in [0.25, 0.3) is 0 Å². The van der Waals surface area contributed by atoms with Crippen LogP contribution in [0.2, 0.25) is 23.2 Å². The van der Waals surface area contributed by atoms with E-state index >= 15 is 0 Å². The Labute approximate surface area is 327 Å². The van der Waals surface area contributed by atoms with Crippen molar-refractivity contribution in [1.29, 1.82) is 0 Å². The summed E-state index contributed by atoms with van der Waals surface area (Å²) in [6.45, 7) is 26.8. The number of aryl methyl sites for hydroxylation is 1. The summed E-state index contributed by atoms with van der Waals surface area (Å²) in [5.74, 6) is 0.883. The molecule has 6 rings (SSSR count). The number of nitrogens with zero attached hydrogens (tertiary/aromatic N) is 5. The first-order chi connectivity index (χ1) is 25.1. The number of hydrogen-bond acceptors (Lipinski definition) is 10. The average Bonchev–Trinajstić information content (AvgIpc) is 3.77. The number of likely N-dealkylation sites (tertiary alicyclic amines) is 1. The maximum Gasteiger partial charge on any atom is 0.495 e. The van der Waals surface area contributed by atoms with Crippen LogP contribution in [0.15, 0.2) is 16.7 Å². The van der Waals surface area contributed by atoms with Gasteiger partial charge in [-0.25, -0.2) is 9.48 Å². The molecule has 15 heteroatoms. The number of benzene rings is 1. The van der Waals surface area contributed by atoms with Crippen LogP contribution in [0.25, 0.3) is 10.9 Å². The van der Waals surface area contributed by atoms with Crippen LogP contribution in [0.3, 0.4) is 0 Å². The number of hydrogen-bond donors (Lipinski definition) is 0. The van der Waals surface area contributed by atoms with Gasteiger partial charge in [-0.05, 0) is 122 Å². The van der Waals surface area contributed by atoms with Crippen molar-refractivity contribution in [3.05, 3.63) is 34.6 Å². The van der Waals surface area contributed by atoms with Crippen molar-refractivity contribution in [2.24, 2.45) is 5.92 Å². The summed E-state index contributed by atoms with van der Waals surface area (Å²) in [5.41, 5.74) is 0.958. The number of carbonyl (C=O) groups excluding carboxylic acids is 1. The summed E-state index contributed by atoms with van der Waals surface area (Å²) < 4.78 is 40.7. The number of halogens is 1. The van der Waals surface area contributed by atoms with Crippen LogP contribution >= 0.6 is 11.6 Å². The molecule has 5 heterocycles. The van der Waals surface area contributed by atoms with Crippen molar-refractivity contribution in [2.75, 3.05) is 19.7 Å². The summed E-state index contributed by atoms with van der Waals surface area (Å²) in [4.78, 5) is 14.9. The highest BCUT2D eigenvalue weighted by Crippen LogP contribution is 2.44. The van der Waals surface area contributed by atoms with E-state index in [1.807, 2.05) is 37.7 Å². The van der Waals surface area contributed by atoms with Gasteiger partial charge in [-0.15, -0.1) is 10.2 Å². The van der Waals surface area contributed by atoms with E-state index in [0.717, 1.165) is 54.0 Å². The fourth-order valence-electron chi connectivity index (χ4n) is 7.16. The highest BCUT2D eigenvalue weighted by Gasteiger charge is 2.53. The molecule has 0 aliphatic carbocycles. The lowest BCUT2D eigenvalue weighted by molar-refractivity contribution is -0.0366. The number of amides is 1. The molecule has 12 nitrogen and oxygen atoms in total. The largest absolute Gasteiger partial charge is 0.495 e. The molecule has 2 unspecified atom stereocenters. The van der Waals surface area contributed by atoms with Gasteiger partial charge < -0.3 is 32.5 Å². The zero-order valence-electron chi connectivity index (χ0n) is 34.5. The fourth-order valence-corrected chi connectivity index (χ4v) is 8.74. The van der Waals surface area contributed by atoms with Crippen LogP contribution in [0.5, 0.6) is 0 Å². The van der Waals surface area contributed by atoms with Crippen LogP contribution in [0.4, 0.5) is 4.79 Å². The number of aromatic nitrogens is 4. The Morgan fingerprint density at radius 3 is 2.37 bits per heavy atom. The molecule has 3 saturated heterocycles. The maximum absolute atomic E-state index is 13.2. The molecule has 0 radical (unpaired) electrons. The number of fused-ring (bicyclic) bond motifs is 1. The van der Waals surface area contributed by atoms with Gasteiger partial charge in [0.05, 0.1) is 22.9 Å². The fraction of sp³-hybridized carbons (Fsp3) is 0.744. The predicted octanol–water partition coefficient (Wildman–Crippen LogP) is 8.57. The predicted molar refractivity (Wildman–Crippen MR) is 213 cm³/mol. The lowest BCUT2D eigenvalue weighted by Gasteiger charge is -2.42. The van der Waals surface area contributed by atoms with Gasteiger partial charge >= 0.3 is 13.2 Å². The number of piperidine rings is 1. The number of carbonyl (C=O) groups is 1. The normalized spacial score (nSPS) is 22.9. The Balaban J connectivity index is 1.30. The Morgan fingerprint density at radius 1 is 1.04 bits per heavy atom. The monoisotopic (exact) mass is 785 g/mol. The van der Waals surface area contributed by atoms with Crippen LogP contribution in [0.1, 0.15) is 131 Å². The second-order valence-corrected chi connectivity index (χ2v) is 24.0. The molecule has 3 aliphatic heterocycles. The standard InChI is InChI=1S/C39H61BClN5O7Si/c1-36(2,3)50-35(47)45-20-15-16-25(24-45)33(51-54(11,12)37(4,5)6)34-44-43-30(49-34)19-18-26-28(41)22-29-27(23-42-46(29)31-17-13-14-21-48-31)32(26)40-52-38(7,8)39(9,10)53-40/h22-23,25,31,33H,13-21,24H2,1-12H3/t25-,31?,33?/m1/s1. The molecule has 3 atom stereocenters. The third-order valence-electron chi connectivity index (χ3n) is 12.0. The van der Waals surface area contributed by atoms with Crippen LogP contribution in [-0.4, -0.2) is 82.9 Å². The molecular weight excluding hydrogens is 725 g/mol. The van der Waals surface area contributed by atoms with Gasteiger partial charge in [0.2, 0.25) is 11.8 Å². The molecule has 1 aromatic carbocycles. The molecule has 3 aliphatic rings. The highest BCUT2D eigenvalue weighted by molar-refractivity contribution is 6.74. The van der Waals surface area contributed by atoms with E-state index in [4.69, 9.17) is 44.3 Å². The van der Waals surface area contributed by atoms with E-state index in [2.05, 4.69) is 71.8 Å². The Bertz CT molecular complexity index is 1790. The quantitative estimate of drug-likeness (QED) is 0.195. The second-order valence-electron chi connectivity index (χ2n) is 18.8.